The molecular weight excluding hydrogens is 296 g/mol. The number of rotatable bonds is 6. The maximum Gasteiger partial charge on any atom is 0.293 e. The van der Waals surface area contributed by atoms with Gasteiger partial charge >= 0.3 is 0 Å². The van der Waals surface area contributed by atoms with Crippen LogP contribution in [-0.2, 0) is 0 Å². The van der Waals surface area contributed by atoms with E-state index >= 15 is 0 Å². The second-order valence-corrected chi connectivity index (χ2v) is 5.55. The summed E-state index contributed by atoms with van der Waals surface area (Å²) in [5.41, 5.74) is 0.384. The van der Waals surface area contributed by atoms with Gasteiger partial charge in [0.1, 0.15) is 5.69 Å². The molecule has 0 fully saturated rings. The molecule has 0 unspecified atom stereocenters. The molecule has 0 atom stereocenters. The second kappa shape index (κ2) is 7.17. The lowest BCUT2D eigenvalue weighted by atomic mass is 10.2. The molecule has 4 nitrogen and oxygen atoms in total. The third-order valence-corrected chi connectivity index (χ3v) is 3.93. The van der Waals surface area contributed by atoms with Crippen molar-refractivity contribution in [1.29, 1.82) is 0 Å². The summed E-state index contributed by atoms with van der Waals surface area (Å²) in [6.07, 6.45) is 0. The van der Waals surface area contributed by atoms with Crippen molar-refractivity contribution in [1.82, 2.24) is 0 Å². The van der Waals surface area contributed by atoms with E-state index in [1.807, 2.05) is 30.3 Å². The molecule has 0 bridgehead atoms. The molecule has 0 aliphatic rings. The molecule has 0 spiro atoms. The Kier molecular flexibility index (Phi) is 5.26. The van der Waals surface area contributed by atoms with Crippen LogP contribution in [0.3, 0.4) is 0 Å². The number of nitrogens with zero attached hydrogens (tertiary/aromatic N) is 1. The minimum atomic E-state index is -0.432. The topological polar surface area (TPSA) is 55.2 Å². The van der Waals surface area contributed by atoms with Crippen LogP contribution in [0.15, 0.2) is 53.4 Å². The van der Waals surface area contributed by atoms with Crippen LogP contribution in [0.1, 0.15) is 0 Å². The highest BCUT2D eigenvalue weighted by molar-refractivity contribution is 7.99. The Morgan fingerprint density at radius 3 is 2.60 bits per heavy atom. The van der Waals surface area contributed by atoms with Gasteiger partial charge in [-0.15, -0.1) is 11.8 Å². The number of nitro groups is 1. The van der Waals surface area contributed by atoms with Crippen molar-refractivity contribution in [3.8, 4) is 0 Å². The number of anilines is 1. The smallest absolute Gasteiger partial charge is 0.293 e. The van der Waals surface area contributed by atoms with Crippen molar-refractivity contribution >= 4 is 34.7 Å². The van der Waals surface area contributed by atoms with Crippen LogP contribution in [0, 0.1) is 10.1 Å². The van der Waals surface area contributed by atoms with Gasteiger partial charge in [-0.1, -0.05) is 35.9 Å². The molecule has 104 valence electrons. The SMILES string of the molecule is O=[N+]([O-])c1cccc(Cl)c1NCCSc1ccccc1. The van der Waals surface area contributed by atoms with E-state index in [0.29, 0.717) is 17.3 Å². The summed E-state index contributed by atoms with van der Waals surface area (Å²) in [6.45, 7) is 0.601. The van der Waals surface area contributed by atoms with Gasteiger partial charge in [0.15, 0.2) is 0 Å². The van der Waals surface area contributed by atoms with Crippen molar-refractivity contribution in [2.75, 3.05) is 17.6 Å². The highest BCUT2D eigenvalue weighted by atomic mass is 35.5. The van der Waals surface area contributed by atoms with E-state index in [0.717, 1.165) is 5.75 Å². The molecule has 1 N–H and O–H groups in total. The molecule has 0 heterocycles. The quantitative estimate of drug-likeness (QED) is 0.371. The Balaban J connectivity index is 1.93. The van der Waals surface area contributed by atoms with Crippen molar-refractivity contribution in [2.45, 2.75) is 4.90 Å². The Hall–Kier alpha value is -1.72. The van der Waals surface area contributed by atoms with Crippen LogP contribution < -0.4 is 5.32 Å². The van der Waals surface area contributed by atoms with E-state index < -0.39 is 4.92 Å². The normalized spacial score (nSPS) is 10.2. The molecule has 0 saturated heterocycles. The van der Waals surface area contributed by atoms with E-state index in [2.05, 4.69) is 5.32 Å². The maximum absolute atomic E-state index is 10.9. The summed E-state index contributed by atoms with van der Waals surface area (Å²) in [6, 6.07) is 14.6. The van der Waals surface area contributed by atoms with Crippen molar-refractivity contribution in [3.63, 3.8) is 0 Å². The number of thioether (sulfide) groups is 1. The summed E-state index contributed by atoms with van der Waals surface area (Å²) >= 11 is 7.68. The molecule has 20 heavy (non-hydrogen) atoms. The summed E-state index contributed by atoms with van der Waals surface area (Å²) in [5.74, 6) is 0.798. The standard InChI is InChI=1S/C14H13ClN2O2S/c15-12-7-4-8-13(17(18)19)14(12)16-9-10-20-11-5-2-1-3-6-11/h1-8,16H,9-10H2. The molecule has 0 aliphatic carbocycles. The highest BCUT2D eigenvalue weighted by Gasteiger charge is 2.15. The Morgan fingerprint density at radius 1 is 1.15 bits per heavy atom. The predicted molar refractivity (Wildman–Crippen MR) is 83.8 cm³/mol. The van der Waals surface area contributed by atoms with Gasteiger partial charge < -0.3 is 5.32 Å². The lowest BCUT2D eigenvalue weighted by Crippen LogP contribution is -2.06. The van der Waals surface area contributed by atoms with Crippen molar-refractivity contribution < 1.29 is 4.92 Å². The molecule has 2 aromatic carbocycles. The Labute approximate surface area is 126 Å². The fraction of sp³-hybridized carbons (Fsp3) is 0.143. The van der Waals surface area contributed by atoms with Crippen molar-refractivity contribution in [3.05, 3.63) is 63.7 Å². The molecule has 6 heteroatoms. The molecule has 0 radical (unpaired) electrons. The van der Waals surface area contributed by atoms with Crippen molar-refractivity contribution in [2.24, 2.45) is 0 Å². The lowest BCUT2D eigenvalue weighted by Gasteiger charge is -2.08. The second-order valence-electron chi connectivity index (χ2n) is 3.98. The fourth-order valence-corrected chi connectivity index (χ4v) is 2.73. The number of para-hydroxylation sites is 1. The molecular formula is C14H13ClN2O2S. The zero-order valence-corrected chi connectivity index (χ0v) is 12.2. The third-order valence-electron chi connectivity index (χ3n) is 2.60. The zero-order chi connectivity index (χ0) is 14.4. The molecule has 0 amide bonds. The first-order valence-electron chi connectivity index (χ1n) is 6.03. The largest absolute Gasteiger partial charge is 0.377 e. The van der Waals surface area contributed by atoms with E-state index in [4.69, 9.17) is 11.6 Å². The van der Waals surface area contributed by atoms with Crippen LogP contribution in [0.5, 0.6) is 0 Å². The summed E-state index contributed by atoms with van der Waals surface area (Å²) in [4.78, 5) is 11.7. The van der Waals surface area contributed by atoms with Gasteiger partial charge in [0.05, 0.1) is 9.95 Å². The average Bonchev–Trinajstić information content (AvgIpc) is 2.45. The summed E-state index contributed by atoms with van der Waals surface area (Å²) in [5, 5.41) is 14.3. The van der Waals surface area contributed by atoms with Crippen LogP contribution in [0.2, 0.25) is 5.02 Å². The van der Waals surface area contributed by atoms with Crippen LogP contribution in [0.25, 0.3) is 0 Å². The molecule has 2 rings (SSSR count). The number of halogens is 1. The Bertz CT molecular complexity index is 593. The number of nitrogens with one attached hydrogen (secondary N) is 1. The van der Waals surface area contributed by atoms with Crippen LogP contribution in [0.4, 0.5) is 11.4 Å². The van der Waals surface area contributed by atoms with E-state index in [1.54, 1.807) is 23.9 Å². The number of hydrogen-bond acceptors (Lipinski definition) is 4. The molecule has 0 saturated carbocycles. The van der Waals surface area contributed by atoms with Crippen LogP contribution in [-0.4, -0.2) is 17.2 Å². The van der Waals surface area contributed by atoms with E-state index in [1.165, 1.54) is 11.0 Å². The maximum atomic E-state index is 10.9. The first kappa shape index (κ1) is 14.7. The molecule has 0 aliphatic heterocycles. The van der Waals surface area contributed by atoms with Gasteiger partial charge in [0.25, 0.3) is 5.69 Å². The monoisotopic (exact) mass is 308 g/mol. The molecule has 2 aromatic rings. The van der Waals surface area contributed by atoms with Gasteiger partial charge in [0.2, 0.25) is 0 Å². The third kappa shape index (κ3) is 3.88. The van der Waals surface area contributed by atoms with Gasteiger partial charge in [-0.3, -0.25) is 10.1 Å². The zero-order valence-electron chi connectivity index (χ0n) is 10.6. The minimum absolute atomic E-state index is 0.00205. The fourth-order valence-electron chi connectivity index (χ4n) is 1.70. The van der Waals surface area contributed by atoms with Gasteiger partial charge in [0, 0.05) is 23.3 Å². The Morgan fingerprint density at radius 2 is 1.90 bits per heavy atom. The molecule has 0 aromatic heterocycles. The van der Waals surface area contributed by atoms with Gasteiger partial charge in [-0.25, -0.2) is 0 Å². The predicted octanol–water partition coefficient (Wildman–Crippen LogP) is 4.45. The number of hydrogen-bond donors (Lipinski definition) is 1. The first-order valence-corrected chi connectivity index (χ1v) is 7.39. The van der Waals surface area contributed by atoms with E-state index in [-0.39, 0.29) is 5.69 Å². The number of nitro benzene ring substituents is 1. The highest BCUT2D eigenvalue weighted by Crippen LogP contribution is 2.31. The summed E-state index contributed by atoms with van der Waals surface area (Å²) < 4.78 is 0. The van der Waals surface area contributed by atoms with Crippen LogP contribution >= 0.6 is 23.4 Å². The van der Waals surface area contributed by atoms with Gasteiger partial charge in [-0.05, 0) is 18.2 Å². The lowest BCUT2D eigenvalue weighted by molar-refractivity contribution is -0.383. The summed E-state index contributed by atoms with van der Waals surface area (Å²) in [7, 11) is 0. The first-order chi connectivity index (χ1) is 9.68. The average molecular weight is 309 g/mol. The number of benzene rings is 2. The minimum Gasteiger partial charge on any atom is -0.377 e. The van der Waals surface area contributed by atoms with E-state index in [9.17, 15) is 10.1 Å². The van der Waals surface area contributed by atoms with Gasteiger partial charge in [-0.2, -0.15) is 0 Å².